The van der Waals surface area contributed by atoms with Gasteiger partial charge in [-0.1, -0.05) is 6.07 Å². The third kappa shape index (κ3) is 4.37. The fourth-order valence-electron chi connectivity index (χ4n) is 3.62. The Bertz CT molecular complexity index is 974. The highest BCUT2D eigenvalue weighted by Crippen LogP contribution is 2.19. The van der Waals surface area contributed by atoms with Gasteiger partial charge in [-0.3, -0.25) is 19.6 Å². The molecule has 1 N–H and O–H groups in total. The molecular formula is C21H26N6O. The summed E-state index contributed by atoms with van der Waals surface area (Å²) in [6, 6.07) is 10.00. The second-order valence-corrected chi connectivity index (χ2v) is 7.40. The van der Waals surface area contributed by atoms with Crippen LogP contribution in [-0.2, 0) is 24.9 Å². The number of pyridine rings is 1. The van der Waals surface area contributed by atoms with Crippen molar-refractivity contribution in [3.8, 4) is 0 Å². The van der Waals surface area contributed by atoms with Crippen LogP contribution < -0.4 is 5.32 Å². The third-order valence-corrected chi connectivity index (χ3v) is 5.20. The van der Waals surface area contributed by atoms with Gasteiger partial charge in [0.25, 0.3) is 0 Å². The number of benzene rings is 1. The first-order valence-electron chi connectivity index (χ1n) is 9.65. The lowest BCUT2D eigenvalue weighted by molar-refractivity contribution is -0.114. The second kappa shape index (κ2) is 8.08. The maximum Gasteiger partial charge on any atom is 0.221 e. The fraction of sp³-hybridized carbons (Fsp3) is 0.381. The van der Waals surface area contributed by atoms with E-state index in [1.165, 1.54) is 6.92 Å². The summed E-state index contributed by atoms with van der Waals surface area (Å²) >= 11 is 0. The molecule has 7 heteroatoms. The van der Waals surface area contributed by atoms with E-state index in [2.05, 4.69) is 36.8 Å². The Morgan fingerprint density at radius 3 is 2.50 bits per heavy atom. The molecule has 1 fully saturated rings. The van der Waals surface area contributed by atoms with E-state index in [0.29, 0.717) is 0 Å². The van der Waals surface area contributed by atoms with E-state index in [-0.39, 0.29) is 5.91 Å². The number of carbonyl (C=O) groups is 1. The van der Waals surface area contributed by atoms with Crippen molar-refractivity contribution in [1.29, 1.82) is 0 Å². The molecule has 3 aromatic rings. The minimum Gasteiger partial charge on any atom is -0.337 e. The predicted octanol–water partition coefficient (Wildman–Crippen LogP) is 2.24. The largest absolute Gasteiger partial charge is 0.337 e. The van der Waals surface area contributed by atoms with Crippen LogP contribution in [0, 0.1) is 0 Å². The molecular weight excluding hydrogens is 352 g/mol. The van der Waals surface area contributed by atoms with Crippen LogP contribution in [0.15, 0.2) is 42.7 Å². The van der Waals surface area contributed by atoms with Crippen molar-refractivity contribution < 1.29 is 4.79 Å². The number of anilines is 1. The highest BCUT2D eigenvalue weighted by molar-refractivity contribution is 5.92. The molecule has 1 aromatic carbocycles. The molecule has 28 heavy (non-hydrogen) atoms. The standard InChI is InChI=1S/C21H26N6O/c1-16(28)23-18-5-6-20-17(13-18)3-4-19(24-20)14-26-9-11-27(12-10-26)15-21-22-7-8-25(21)2/h3-8,13H,9-12,14-15H2,1-2H3,(H,23,28). The summed E-state index contributed by atoms with van der Waals surface area (Å²) in [4.78, 5) is 25.3. The zero-order chi connectivity index (χ0) is 19.5. The number of hydrogen-bond acceptors (Lipinski definition) is 5. The number of aromatic nitrogens is 3. The molecule has 0 atom stereocenters. The first-order valence-corrected chi connectivity index (χ1v) is 9.65. The van der Waals surface area contributed by atoms with Gasteiger partial charge in [-0.2, -0.15) is 0 Å². The molecule has 146 valence electrons. The molecule has 2 aromatic heterocycles. The van der Waals surface area contributed by atoms with Gasteiger partial charge in [0, 0.05) is 70.2 Å². The van der Waals surface area contributed by atoms with Gasteiger partial charge in [0.05, 0.1) is 17.8 Å². The zero-order valence-electron chi connectivity index (χ0n) is 16.4. The average molecular weight is 378 g/mol. The van der Waals surface area contributed by atoms with Gasteiger partial charge in [0.15, 0.2) is 0 Å². The van der Waals surface area contributed by atoms with Crippen molar-refractivity contribution in [2.75, 3.05) is 31.5 Å². The Morgan fingerprint density at radius 1 is 1.07 bits per heavy atom. The van der Waals surface area contributed by atoms with Crippen LogP contribution in [0.3, 0.4) is 0 Å². The van der Waals surface area contributed by atoms with Crippen LogP contribution in [0.2, 0.25) is 0 Å². The lowest BCUT2D eigenvalue weighted by Crippen LogP contribution is -2.45. The van der Waals surface area contributed by atoms with Crippen molar-refractivity contribution in [2.45, 2.75) is 20.0 Å². The summed E-state index contributed by atoms with van der Waals surface area (Å²) < 4.78 is 2.09. The van der Waals surface area contributed by atoms with Crippen molar-refractivity contribution >= 4 is 22.5 Å². The SMILES string of the molecule is CC(=O)Nc1ccc2nc(CN3CCN(Cc4nccn4C)CC3)ccc2c1. The summed E-state index contributed by atoms with van der Waals surface area (Å²) in [7, 11) is 2.04. The highest BCUT2D eigenvalue weighted by Gasteiger charge is 2.18. The van der Waals surface area contributed by atoms with Crippen LogP contribution in [0.25, 0.3) is 10.9 Å². The van der Waals surface area contributed by atoms with Gasteiger partial charge in [-0.25, -0.2) is 4.98 Å². The van der Waals surface area contributed by atoms with Crippen LogP contribution in [0.5, 0.6) is 0 Å². The molecule has 0 unspecified atom stereocenters. The molecule has 3 heterocycles. The topological polar surface area (TPSA) is 66.3 Å². The van der Waals surface area contributed by atoms with Gasteiger partial charge in [0.2, 0.25) is 5.91 Å². The first-order chi connectivity index (χ1) is 13.6. The van der Waals surface area contributed by atoms with Crippen molar-refractivity contribution in [3.05, 3.63) is 54.2 Å². The molecule has 7 nitrogen and oxygen atoms in total. The fourth-order valence-corrected chi connectivity index (χ4v) is 3.62. The van der Waals surface area contributed by atoms with Gasteiger partial charge >= 0.3 is 0 Å². The minimum absolute atomic E-state index is 0.0639. The second-order valence-electron chi connectivity index (χ2n) is 7.40. The quantitative estimate of drug-likeness (QED) is 0.738. The Labute approximate surface area is 165 Å². The van der Waals surface area contributed by atoms with Crippen LogP contribution >= 0.6 is 0 Å². The molecule has 1 aliphatic heterocycles. The van der Waals surface area contributed by atoms with E-state index < -0.39 is 0 Å². The maximum absolute atomic E-state index is 11.2. The zero-order valence-corrected chi connectivity index (χ0v) is 16.4. The molecule has 0 radical (unpaired) electrons. The van der Waals surface area contributed by atoms with Gasteiger partial charge in [-0.15, -0.1) is 0 Å². The molecule has 1 aliphatic rings. The number of nitrogens with zero attached hydrogens (tertiary/aromatic N) is 5. The summed E-state index contributed by atoms with van der Waals surface area (Å²) in [5.74, 6) is 1.05. The summed E-state index contributed by atoms with van der Waals surface area (Å²) in [5.41, 5.74) is 2.84. The van der Waals surface area contributed by atoms with Crippen LogP contribution in [0.4, 0.5) is 5.69 Å². The third-order valence-electron chi connectivity index (χ3n) is 5.20. The number of imidazole rings is 1. The Kier molecular flexibility index (Phi) is 5.36. The lowest BCUT2D eigenvalue weighted by atomic mass is 10.1. The molecule has 4 rings (SSSR count). The van der Waals surface area contributed by atoms with E-state index in [0.717, 1.165) is 67.4 Å². The molecule has 1 saturated heterocycles. The number of nitrogens with one attached hydrogen (secondary N) is 1. The molecule has 0 saturated carbocycles. The average Bonchev–Trinajstić information content (AvgIpc) is 3.07. The number of amides is 1. The van der Waals surface area contributed by atoms with E-state index in [1.54, 1.807) is 0 Å². The van der Waals surface area contributed by atoms with Crippen molar-refractivity contribution in [2.24, 2.45) is 7.05 Å². The van der Waals surface area contributed by atoms with E-state index in [9.17, 15) is 4.79 Å². The normalized spacial score (nSPS) is 15.8. The summed E-state index contributed by atoms with van der Waals surface area (Å²) in [6.07, 6.45) is 3.85. The Morgan fingerprint density at radius 2 is 1.82 bits per heavy atom. The maximum atomic E-state index is 11.2. The van der Waals surface area contributed by atoms with Crippen molar-refractivity contribution in [3.63, 3.8) is 0 Å². The predicted molar refractivity (Wildman–Crippen MR) is 110 cm³/mol. The number of carbonyl (C=O) groups excluding carboxylic acids is 1. The lowest BCUT2D eigenvalue weighted by Gasteiger charge is -2.34. The van der Waals surface area contributed by atoms with Gasteiger partial charge in [0.1, 0.15) is 5.82 Å². The van der Waals surface area contributed by atoms with E-state index in [4.69, 9.17) is 4.98 Å². The van der Waals surface area contributed by atoms with E-state index >= 15 is 0 Å². The van der Waals surface area contributed by atoms with Crippen LogP contribution in [0.1, 0.15) is 18.4 Å². The summed E-state index contributed by atoms with van der Waals surface area (Å²) in [5, 5.41) is 3.85. The van der Waals surface area contributed by atoms with Gasteiger partial charge < -0.3 is 9.88 Å². The number of fused-ring (bicyclic) bond motifs is 1. The van der Waals surface area contributed by atoms with Crippen LogP contribution in [-0.4, -0.2) is 56.4 Å². The summed E-state index contributed by atoms with van der Waals surface area (Å²) in [6.45, 7) is 7.43. The Balaban J connectivity index is 1.35. The number of hydrogen-bond donors (Lipinski definition) is 1. The number of piperazine rings is 1. The molecule has 0 aliphatic carbocycles. The minimum atomic E-state index is -0.0639. The molecule has 1 amide bonds. The smallest absolute Gasteiger partial charge is 0.221 e. The molecule has 0 spiro atoms. The Hall–Kier alpha value is -2.77. The monoisotopic (exact) mass is 378 g/mol. The van der Waals surface area contributed by atoms with Crippen molar-refractivity contribution in [1.82, 2.24) is 24.3 Å². The van der Waals surface area contributed by atoms with E-state index in [1.807, 2.05) is 37.6 Å². The molecule has 0 bridgehead atoms. The number of rotatable bonds is 5. The first kappa shape index (κ1) is 18.6. The highest BCUT2D eigenvalue weighted by atomic mass is 16.1. The number of aryl methyl sites for hydroxylation is 1. The van der Waals surface area contributed by atoms with Gasteiger partial charge in [-0.05, 0) is 24.3 Å².